The molecule has 0 aliphatic rings. The predicted molar refractivity (Wildman–Crippen MR) is 75.9 cm³/mol. The first-order chi connectivity index (χ1) is 12.1. The second-order valence-corrected chi connectivity index (χ2v) is 4.77. The first-order valence-electron chi connectivity index (χ1n) is 6.82. The SMILES string of the molecule is CC(=O)CC(=O)C(=O)[O-].CC(=O)CC(=O)C(=O)[O-].CC(=O)CC(=O)C(=O)[O-].[Ho+3]. The number of carbonyl (C=O) groups excluding carboxylic acids is 9. The third-order valence-electron chi connectivity index (χ3n) is 1.91. The molecule has 0 radical (unpaired) electrons. The fourth-order valence-electron chi connectivity index (χ4n) is 0.895. The molecule has 0 aromatic heterocycles. The molecule has 12 nitrogen and oxygen atoms in total. The van der Waals surface area contributed by atoms with Crippen LogP contribution in [-0.2, 0) is 43.2 Å². The van der Waals surface area contributed by atoms with Crippen LogP contribution < -0.4 is 15.3 Å². The van der Waals surface area contributed by atoms with Crippen LogP contribution in [0.1, 0.15) is 40.0 Å². The summed E-state index contributed by atoms with van der Waals surface area (Å²) in [6.07, 6.45) is -1.70. The fraction of sp³-hybridized carbons (Fsp3) is 0.400. The molecule has 158 valence electrons. The number of aliphatic carboxylic acids is 3. The number of ketones is 6. The van der Waals surface area contributed by atoms with E-state index in [4.69, 9.17) is 0 Å². The van der Waals surface area contributed by atoms with E-state index >= 15 is 0 Å². The van der Waals surface area contributed by atoms with Gasteiger partial charge in [-0.05, 0) is 20.8 Å². The number of hydrogen-bond acceptors (Lipinski definition) is 12. The number of carbonyl (C=O) groups is 9. The van der Waals surface area contributed by atoms with Gasteiger partial charge in [0, 0.05) is 0 Å². The average Bonchev–Trinajstić information content (AvgIpc) is 2.46. The number of rotatable bonds is 9. The van der Waals surface area contributed by atoms with E-state index in [0.29, 0.717) is 0 Å². The molecule has 0 aliphatic carbocycles. The summed E-state index contributed by atoms with van der Waals surface area (Å²) in [4.78, 5) is 89.2. The Morgan fingerprint density at radius 2 is 0.607 bits per heavy atom. The molecule has 0 unspecified atom stereocenters. The van der Waals surface area contributed by atoms with Gasteiger partial charge in [0.2, 0.25) is 0 Å². The summed E-state index contributed by atoms with van der Waals surface area (Å²) in [6, 6.07) is 0. The van der Waals surface area contributed by atoms with Gasteiger partial charge >= 0.3 is 37.7 Å². The summed E-state index contributed by atoms with van der Waals surface area (Å²) in [7, 11) is 0. The van der Waals surface area contributed by atoms with Gasteiger partial charge in [0.15, 0.2) is 17.3 Å². The Morgan fingerprint density at radius 3 is 0.643 bits per heavy atom. The minimum atomic E-state index is -1.80. The Morgan fingerprint density at radius 1 is 0.464 bits per heavy atom. The molecule has 28 heavy (non-hydrogen) atoms. The molecular formula is C15H15HoO12. The normalized spacial score (nSPS) is 8.25. The zero-order valence-corrected chi connectivity index (χ0v) is 16.8. The second kappa shape index (κ2) is 18.1. The van der Waals surface area contributed by atoms with E-state index < -0.39 is 71.9 Å². The van der Waals surface area contributed by atoms with Gasteiger partial charge in [-0.2, -0.15) is 0 Å². The van der Waals surface area contributed by atoms with Crippen LogP contribution >= 0.6 is 0 Å². The van der Waals surface area contributed by atoms with Gasteiger partial charge in [-0.15, -0.1) is 0 Å². The molecule has 0 aromatic carbocycles. The van der Waals surface area contributed by atoms with E-state index in [1.54, 1.807) is 0 Å². The summed E-state index contributed by atoms with van der Waals surface area (Å²) < 4.78 is 0. The molecule has 0 atom stereocenters. The van der Waals surface area contributed by atoms with Crippen LogP contribution in [0, 0.1) is 37.7 Å². The van der Waals surface area contributed by atoms with Crippen LogP contribution in [0.2, 0.25) is 0 Å². The van der Waals surface area contributed by atoms with Gasteiger partial charge in [-0.1, -0.05) is 0 Å². The van der Waals surface area contributed by atoms with E-state index in [0.717, 1.165) is 20.8 Å². The van der Waals surface area contributed by atoms with Crippen LogP contribution in [-0.4, -0.2) is 52.6 Å². The molecule has 0 amide bonds. The van der Waals surface area contributed by atoms with Crippen molar-refractivity contribution in [1.29, 1.82) is 0 Å². The molecule has 13 heteroatoms. The summed E-state index contributed by atoms with van der Waals surface area (Å²) in [5.41, 5.74) is 0. The third-order valence-corrected chi connectivity index (χ3v) is 1.91. The van der Waals surface area contributed by atoms with Crippen LogP contribution in [0.5, 0.6) is 0 Å². The Bertz CT molecular complexity index is 572. The van der Waals surface area contributed by atoms with Gasteiger partial charge in [0.1, 0.15) is 35.3 Å². The van der Waals surface area contributed by atoms with Crippen molar-refractivity contribution in [1.82, 2.24) is 0 Å². The average molecular weight is 552 g/mol. The Labute approximate surface area is 188 Å². The van der Waals surface area contributed by atoms with Crippen LogP contribution in [0.15, 0.2) is 0 Å². The van der Waals surface area contributed by atoms with E-state index in [1.165, 1.54) is 0 Å². The third kappa shape index (κ3) is 25.9. The maximum atomic E-state index is 10.1. The van der Waals surface area contributed by atoms with Crippen molar-refractivity contribution in [3.05, 3.63) is 0 Å². The standard InChI is InChI=1S/3C5H6O4.Ho/c3*1-3(6)2-4(7)5(8)9;/h3*2H2,1H3,(H,8,9);/q;;;+3/p-3. The molecular weight excluding hydrogens is 537 g/mol. The van der Waals surface area contributed by atoms with Gasteiger partial charge < -0.3 is 29.7 Å². The topological polar surface area (TPSA) is 223 Å². The molecule has 0 rings (SSSR count). The molecule has 0 heterocycles. The zero-order chi connectivity index (χ0) is 22.3. The quantitative estimate of drug-likeness (QED) is 0.149. The molecule has 0 fully saturated rings. The van der Waals surface area contributed by atoms with Gasteiger partial charge in [-0.25, -0.2) is 0 Å². The molecule has 0 N–H and O–H groups in total. The van der Waals surface area contributed by atoms with E-state index in [2.05, 4.69) is 0 Å². The first-order valence-corrected chi connectivity index (χ1v) is 6.82. The van der Waals surface area contributed by atoms with Crippen molar-refractivity contribution in [3.8, 4) is 0 Å². The largest absolute Gasteiger partial charge is 3.00 e. The summed E-state index contributed by atoms with van der Waals surface area (Å²) >= 11 is 0. The van der Waals surface area contributed by atoms with Crippen LogP contribution in [0.25, 0.3) is 0 Å². The van der Waals surface area contributed by atoms with Gasteiger partial charge in [0.25, 0.3) is 0 Å². The maximum absolute atomic E-state index is 10.1. The van der Waals surface area contributed by atoms with Crippen molar-refractivity contribution in [3.63, 3.8) is 0 Å². The molecule has 0 saturated carbocycles. The number of carboxylic acid groups (broad SMARTS) is 3. The smallest absolute Gasteiger partial charge is 0.542 e. The van der Waals surface area contributed by atoms with Crippen molar-refractivity contribution >= 4 is 52.6 Å². The molecule has 0 bridgehead atoms. The zero-order valence-electron chi connectivity index (χ0n) is 14.8. The summed E-state index contributed by atoms with van der Waals surface area (Å²) in [5.74, 6) is -10.3. The Balaban J connectivity index is -0.000000152. The molecule has 0 aromatic rings. The van der Waals surface area contributed by atoms with Crippen molar-refractivity contribution < 1.29 is 96.2 Å². The molecule has 0 spiro atoms. The summed E-state index contributed by atoms with van der Waals surface area (Å²) in [5, 5.41) is 28.9. The van der Waals surface area contributed by atoms with Crippen LogP contribution in [0.3, 0.4) is 0 Å². The van der Waals surface area contributed by atoms with E-state index in [1.807, 2.05) is 0 Å². The number of carboxylic acids is 3. The number of Topliss-reactive ketones (excluding diaryl/α,β-unsaturated/α-hetero) is 6. The Kier molecular flexibility index (Phi) is 21.5. The minimum absolute atomic E-state index is 0. The summed E-state index contributed by atoms with van der Waals surface area (Å²) in [6.45, 7) is 3.42. The minimum Gasteiger partial charge on any atom is -0.542 e. The van der Waals surface area contributed by atoms with Crippen molar-refractivity contribution in [2.24, 2.45) is 0 Å². The van der Waals surface area contributed by atoms with Crippen LogP contribution in [0.4, 0.5) is 0 Å². The van der Waals surface area contributed by atoms with Crippen molar-refractivity contribution in [2.45, 2.75) is 40.0 Å². The van der Waals surface area contributed by atoms with Gasteiger partial charge in [0.05, 0.1) is 19.3 Å². The second-order valence-electron chi connectivity index (χ2n) is 4.77. The predicted octanol–water partition coefficient (Wildman–Crippen LogP) is -5.15. The molecule has 0 saturated heterocycles. The molecule has 0 aliphatic heterocycles. The number of hydrogen-bond donors (Lipinski definition) is 0. The van der Waals surface area contributed by atoms with Crippen molar-refractivity contribution in [2.75, 3.05) is 0 Å². The first kappa shape index (κ1) is 33.3. The Hall–Kier alpha value is -2.31. The maximum Gasteiger partial charge on any atom is 3.00 e. The van der Waals surface area contributed by atoms with E-state index in [-0.39, 0.29) is 37.7 Å². The fourth-order valence-corrected chi connectivity index (χ4v) is 0.895. The van der Waals surface area contributed by atoms with E-state index in [9.17, 15) is 58.5 Å². The monoisotopic (exact) mass is 552 g/mol. The van der Waals surface area contributed by atoms with Gasteiger partial charge in [-0.3, -0.25) is 28.8 Å².